The first-order valence-corrected chi connectivity index (χ1v) is 7.48. The van der Waals surface area contributed by atoms with E-state index in [1.54, 1.807) is 6.92 Å². The van der Waals surface area contributed by atoms with Crippen LogP contribution in [0.3, 0.4) is 0 Å². The Morgan fingerprint density at radius 3 is 2.11 bits per heavy atom. The first-order valence-electron chi connectivity index (χ1n) is 5.59. The minimum atomic E-state index is -3.51. The largest absolute Gasteiger partial charge is 0.480 e. The van der Waals surface area contributed by atoms with Crippen molar-refractivity contribution in [3.8, 4) is 0 Å². The second kappa shape index (κ2) is 6.69. The first-order chi connectivity index (χ1) is 8.08. The SMILES string of the molecule is CC[C@H](C)[C@H](NC(=O)C(C)NS(C)(=O)=O)C(=O)O. The Morgan fingerprint density at radius 2 is 1.78 bits per heavy atom. The zero-order valence-corrected chi connectivity index (χ0v) is 11.7. The molecule has 0 aromatic heterocycles. The standard InChI is InChI=1S/C10H20N2O5S/c1-5-6(2)8(10(14)15)11-9(13)7(3)12-18(4,16)17/h6-8,12H,5H2,1-4H3,(H,11,13)(H,14,15)/t6-,7?,8-/m0/s1. The molecule has 0 aromatic carbocycles. The summed E-state index contributed by atoms with van der Waals surface area (Å²) in [6.45, 7) is 4.87. The van der Waals surface area contributed by atoms with Gasteiger partial charge in [0.1, 0.15) is 6.04 Å². The molecule has 0 aliphatic heterocycles. The van der Waals surface area contributed by atoms with Crippen molar-refractivity contribution in [3.05, 3.63) is 0 Å². The van der Waals surface area contributed by atoms with Gasteiger partial charge in [-0.1, -0.05) is 20.3 Å². The van der Waals surface area contributed by atoms with Crippen molar-refractivity contribution < 1.29 is 23.1 Å². The number of carboxylic acid groups (broad SMARTS) is 1. The van der Waals surface area contributed by atoms with Gasteiger partial charge in [0.2, 0.25) is 15.9 Å². The average Bonchev–Trinajstić information content (AvgIpc) is 2.21. The number of amides is 1. The fourth-order valence-electron chi connectivity index (χ4n) is 1.34. The van der Waals surface area contributed by atoms with Crippen LogP contribution in [-0.4, -0.2) is 43.7 Å². The van der Waals surface area contributed by atoms with Gasteiger partial charge in [0.05, 0.1) is 12.3 Å². The minimum absolute atomic E-state index is 0.239. The van der Waals surface area contributed by atoms with Crippen LogP contribution in [0.4, 0.5) is 0 Å². The Morgan fingerprint density at radius 1 is 1.28 bits per heavy atom. The fraction of sp³-hybridized carbons (Fsp3) is 0.800. The summed E-state index contributed by atoms with van der Waals surface area (Å²) in [5, 5.41) is 11.3. The third kappa shape index (κ3) is 5.97. The second-order valence-corrected chi connectivity index (χ2v) is 6.10. The van der Waals surface area contributed by atoms with E-state index in [9.17, 15) is 18.0 Å². The molecule has 0 fully saturated rings. The number of nitrogens with one attached hydrogen (secondary N) is 2. The predicted octanol–water partition coefficient (Wildman–Crippen LogP) is -0.460. The maximum Gasteiger partial charge on any atom is 0.326 e. The quantitative estimate of drug-likeness (QED) is 0.584. The van der Waals surface area contributed by atoms with Gasteiger partial charge in [-0.15, -0.1) is 0 Å². The van der Waals surface area contributed by atoms with Crippen molar-refractivity contribution in [1.29, 1.82) is 0 Å². The monoisotopic (exact) mass is 280 g/mol. The summed E-state index contributed by atoms with van der Waals surface area (Å²) in [5.74, 6) is -2.03. The highest BCUT2D eigenvalue weighted by molar-refractivity contribution is 7.88. The summed E-state index contributed by atoms with van der Waals surface area (Å²) < 4.78 is 24.0. The summed E-state index contributed by atoms with van der Waals surface area (Å²) in [6.07, 6.45) is 1.52. The Bertz CT molecular complexity index is 406. The first kappa shape index (κ1) is 16.9. The Kier molecular flexibility index (Phi) is 6.27. The smallest absolute Gasteiger partial charge is 0.326 e. The van der Waals surface area contributed by atoms with Crippen LogP contribution in [-0.2, 0) is 19.6 Å². The summed E-state index contributed by atoms with van der Waals surface area (Å²) in [4.78, 5) is 22.6. The van der Waals surface area contributed by atoms with Gasteiger partial charge in [-0.05, 0) is 12.8 Å². The number of carboxylic acids is 1. The van der Waals surface area contributed by atoms with Crippen molar-refractivity contribution in [2.24, 2.45) is 5.92 Å². The van der Waals surface area contributed by atoms with Crippen molar-refractivity contribution in [2.45, 2.75) is 39.3 Å². The highest BCUT2D eigenvalue weighted by atomic mass is 32.2. The molecule has 3 N–H and O–H groups in total. The molecule has 106 valence electrons. The molecule has 0 heterocycles. The Balaban J connectivity index is 4.66. The van der Waals surface area contributed by atoms with Crippen molar-refractivity contribution in [1.82, 2.24) is 10.0 Å². The third-order valence-corrected chi connectivity index (χ3v) is 3.34. The van der Waals surface area contributed by atoms with Crippen LogP contribution in [0.2, 0.25) is 0 Å². The van der Waals surface area contributed by atoms with Crippen LogP contribution in [0.15, 0.2) is 0 Å². The molecule has 0 rings (SSSR count). The van der Waals surface area contributed by atoms with Crippen molar-refractivity contribution >= 4 is 21.9 Å². The zero-order valence-electron chi connectivity index (χ0n) is 10.9. The van der Waals surface area contributed by atoms with E-state index in [1.165, 1.54) is 6.92 Å². The van der Waals surface area contributed by atoms with E-state index in [0.29, 0.717) is 6.42 Å². The molecule has 0 aliphatic rings. The fourth-order valence-corrected chi connectivity index (χ4v) is 2.09. The number of sulfonamides is 1. The molecule has 1 unspecified atom stereocenters. The summed E-state index contributed by atoms with van der Waals surface area (Å²) in [6, 6.07) is -2.03. The van der Waals surface area contributed by atoms with Gasteiger partial charge in [-0.3, -0.25) is 4.79 Å². The molecule has 0 saturated carbocycles. The zero-order chi connectivity index (χ0) is 14.5. The Labute approximate surface area is 107 Å². The van der Waals surface area contributed by atoms with E-state index in [2.05, 4.69) is 10.0 Å². The lowest BCUT2D eigenvalue weighted by molar-refractivity contribution is -0.143. The number of aliphatic carboxylic acids is 1. The van der Waals surface area contributed by atoms with Gasteiger partial charge in [-0.25, -0.2) is 17.9 Å². The van der Waals surface area contributed by atoms with Crippen LogP contribution in [0.5, 0.6) is 0 Å². The normalized spacial score (nSPS) is 16.7. The van der Waals surface area contributed by atoms with Gasteiger partial charge in [0.25, 0.3) is 0 Å². The second-order valence-electron chi connectivity index (χ2n) is 4.32. The molecule has 0 saturated heterocycles. The summed E-state index contributed by atoms with van der Waals surface area (Å²) in [7, 11) is -3.51. The molecule has 0 bridgehead atoms. The molecular formula is C10H20N2O5S. The molecule has 0 aromatic rings. The Hall–Kier alpha value is -1.15. The molecule has 8 heteroatoms. The number of carbonyl (C=O) groups is 2. The molecular weight excluding hydrogens is 260 g/mol. The van der Waals surface area contributed by atoms with Crippen LogP contribution in [0, 0.1) is 5.92 Å². The lowest BCUT2D eigenvalue weighted by Crippen LogP contribution is -2.52. The van der Waals surface area contributed by atoms with Gasteiger partial charge in [0.15, 0.2) is 0 Å². The van der Waals surface area contributed by atoms with Gasteiger partial charge < -0.3 is 10.4 Å². The molecule has 3 atom stereocenters. The number of rotatable bonds is 7. The highest BCUT2D eigenvalue weighted by Crippen LogP contribution is 2.08. The van der Waals surface area contributed by atoms with E-state index in [-0.39, 0.29) is 5.92 Å². The minimum Gasteiger partial charge on any atom is -0.480 e. The molecule has 7 nitrogen and oxygen atoms in total. The molecule has 18 heavy (non-hydrogen) atoms. The lowest BCUT2D eigenvalue weighted by Gasteiger charge is -2.22. The highest BCUT2D eigenvalue weighted by Gasteiger charge is 2.27. The molecule has 0 spiro atoms. The molecule has 1 amide bonds. The van der Waals surface area contributed by atoms with E-state index in [0.717, 1.165) is 6.26 Å². The maximum absolute atomic E-state index is 11.7. The van der Waals surface area contributed by atoms with Crippen molar-refractivity contribution in [3.63, 3.8) is 0 Å². The number of hydrogen-bond donors (Lipinski definition) is 3. The van der Waals surface area contributed by atoms with Crippen LogP contribution < -0.4 is 10.0 Å². The maximum atomic E-state index is 11.7. The third-order valence-electron chi connectivity index (χ3n) is 2.56. The van der Waals surface area contributed by atoms with Crippen LogP contribution in [0.1, 0.15) is 27.2 Å². The number of carbonyl (C=O) groups excluding carboxylic acids is 1. The van der Waals surface area contributed by atoms with E-state index < -0.39 is 34.0 Å². The topological polar surface area (TPSA) is 113 Å². The van der Waals surface area contributed by atoms with Crippen LogP contribution >= 0.6 is 0 Å². The van der Waals surface area contributed by atoms with Crippen molar-refractivity contribution in [2.75, 3.05) is 6.26 Å². The van der Waals surface area contributed by atoms with E-state index in [1.807, 2.05) is 6.92 Å². The van der Waals surface area contributed by atoms with Crippen LogP contribution in [0.25, 0.3) is 0 Å². The average molecular weight is 280 g/mol. The lowest BCUT2D eigenvalue weighted by atomic mass is 9.99. The van der Waals surface area contributed by atoms with Gasteiger partial charge >= 0.3 is 5.97 Å². The molecule has 0 radical (unpaired) electrons. The molecule has 0 aliphatic carbocycles. The predicted molar refractivity (Wildman–Crippen MR) is 66.5 cm³/mol. The van der Waals surface area contributed by atoms with E-state index in [4.69, 9.17) is 5.11 Å². The van der Waals surface area contributed by atoms with E-state index >= 15 is 0 Å². The summed E-state index contributed by atoms with van der Waals surface area (Å²) >= 11 is 0. The van der Waals surface area contributed by atoms with Gasteiger partial charge in [-0.2, -0.15) is 0 Å². The van der Waals surface area contributed by atoms with Gasteiger partial charge in [0, 0.05) is 0 Å². The number of hydrogen-bond acceptors (Lipinski definition) is 4. The summed E-state index contributed by atoms with van der Waals surface area (Å²) in [5.41, 5.74) is 0.